The van der Waals surface area contributed by atoms with Gasteiger partial charge in [0.15, 0.2) is 5.52 Å². The van der Waals surface area contributed by atoms with Crippen molar-refractivity contribution in [2.45, 2.75) is 0 Å². The Hall–Kier alpha value is -1.34. The van der Waals surface area contributed by atoms with Gasteiger partial charge in [-0.15, -0.1) is 0 Å². The number of anilines is 1. The van der Waals surface area contributed by atoms with Crippen LogP contribution in [0.3, 0.4) is 0 Å². The number of nitrogens with one attached hydrogen (secondary N) is 1. The lowest BCUT2D eigenvalue weighted by atomic mass is 10.3. The fourth-order valence-corrected chi connectivity index (χ4v) is 2.53. The molecule has 2 aromatic rings. The fraction of sp³-hybridized carbons (Fsp3) is 0.400. The summed E-state index contributed by atoms with van der Waals surface area (Å²) in [4.78, 5) is 16.6. The third-order valence-corrected chi connectivity index (χ3v) is 3.41. The molecule has 6 nitrogen and oxygen atoms in total. The van der Waals surface area contributed by atoms with Crippen LogP contribution in [0.25, 0.3) is 5.52 Å². The van der Waals surface area contributed by atoms with E-state index in [1.54, 1.807) is 4.52 Å². The second kappa shape index (κ2) is 4.15. The maximum atomic E-state index is 11.9. The zero-order chi connectivity index (χ0) is 11.8. The summed E-state index contributed by atoms with van der Waals surface area (Å²) in [5.41, 5.74) is 1.34. The summed E-state index contributed by atoms with van der Waals surface area (Å²) in [5.74, 6) is 0. The van der Waals surface area contributed by atoms with Gasteiger partial charge < -0.3 is 14.6 Å². The molecule has 7 heteroatoms. The molecule has 0 aromatic carbocycles. The molecule has 1 aliphatic heterocycles. The molecule has 0 saturated carbocycles. The Morgan fingerprint density at radius 1 is 1.41 bits per heavy atom. The summed E-state index contributed by atoms with van der Waals surface area (Å²) in [6.45, 7) is 2.96. The van der Waals surface area contributed by atoms with Gasteiger partial charge in [-0.25, -0.2) is 4.52 Å². The number of aromatic amines is 1. The van der Waals surface area contributed by atoms with Crippen molar-refractivity contribution >= 4 is 27.1 Å². The van der Waals surface area contributed by atoms with Crippen molar-refractivity contribution in [1.29, 1.82) is 0 Å². The van der Waals surface area contributed by atoms with E-state index >= 15 is 0 Å². The third-order valence-electron chi connectivity index (χ3n) is 2.85. The predicted molar refractivity (Wildman–Crippen MR) is 66.5 cm³/mol. The number of H-pyrrole nitrogens is 1. The minimum Gasteiger partial charge on any atom is -0.378 e. The lowest BCUT2D eigenvalue weighted by Crippen LogP contribution is -2.36. The fourth-order valence-electron chi connectivity index (χ4n) is 2.04. The SMILES string of the molecule is O=c1[nH]cnn2c(Br)cc(N3CCOCC3)c12. The molecule has 2 aromatic heterocycles. The maximum Gasteiger partial charge on any atom is 0.277 e. The van der Waals surface area contributed by atoms with Gasteiger partial charge in [-0.05, 0) is 22.0 Å². The van der Waals surface area contributed by atoms with Crippen LogP contribution in [0, 0.1) is 0 Å². The highest BCUT2D eigenvalue weighted by Crippen LogP contribution is 2.26. The Kier molecular flexibility index (Phi) is 2.64. The minimum absolute atomic E-state index is 0.132. The molecular weight excluding hydrogens is 288 g/mol. The van der Waals surface area contributed by atoms with E-state index in [-0.39, 0.29) is 5.56 Å². The molecule has 0 radical (unpaired) electrons. The first kappa shape index (κ1) is 10.8. The van der Waals surface area contributed by atoms with Crippen molar-refractivity contribution in [3.8, 4) is 0 Å². The lowest BCUT2D eigenvalue weighted by Gasteiger charge is -2.27. The summed E-state index contributed by atoms with van der Waals surface area (Å²) in [7, 11) is 0. The first-order valence-corrected chi connectivity index (χ1v) is 6.14. The Morgan fingerprint density at radius 2 is 2.18 bits per heavy atom. The van der Waals surface area contributed by atoms with Gasteiger partial charge in [0.25, 0.3) is 5.56 Å². The molecule has 1 aliphatic rings. The number of halogens is 1. The van der Waals surface area contributed by atoms with E-state index in [0.29, 0.717) is 18.7 Å². The monoisotopic (exact) mass is 298 g/mol. The van der Waals surface area contributed by atoms with Crippen LogP contribution in [-0.4, -0.2) is 40.9 Å². The average molecular weight is 299 g/mol. The predicted octanol–water partition coefficient (Wildman–Crippen LogP) is 0.622. The topological polar surface area (TPSA) is 62.6 Å². The number of hydrogen-bond acceptors (Lipinski definition) is 4. The van der Waals surface area contributed by atoms with Crippen LogP contribution in [0.1, 0.15) is 0 Å². The van der Waals surface area contributed by atoms with Gasteiger partial charge in [-0.2, -0.15) is 5.10 Å². The Labute approximate surface area is 105 Å². The molecule has 1 saturated heterocycles. The summed E-state index contributed by atoms with van der Waals surface area (Å²) >= 11 is 3.41. The standard InChI is InChI=1S/C10H11BrN4O2/c11-8-5-7(14-1-3-17-4-2-14)9-10(16)12-6-13-15(8)9/h5-6H,1-4H2,(H,12,13,16). The summed E-state index contributed by atoms with van der Waals surface area (Å²) < 4.78 is 7.69. The van der Waals surface area contributed by atoms with E-state index in [4.69, 9.17) is 4.74 Å². The van der Waals surface area contributed by atoms with Gasteiger partial charge >= 0.3 is 0 Å². The first-order valence-electron chi connectivity index (χ1n) is 5.35. The van der Waals surface area contributed by atoms with E-state index in [1.165, 1.54) is 6.33 Å². The van der Waals surface area contributed by atoms with Crippen LogP contribution >= 0.6 is 15.9 Å². The summed E-state index contributed by atoms with van der Waals surface area (Å²) in [5, 5.41) is 4.11. The molecular formula is C10H11BrN4O2. The highest BCUT2D eigenvalue weighted by atomic mass is 79.9. The second-order valence-corrected chi connectivity index (χ2v) is 4.64. The van der Waals surface area contributed by atoms with Crippen LogP contribution < -0.4 is 10.5 Å². The van der Waals surface area contributed by atoms with Crippen LogP contribution in [0.15, 0.2) is 21.8 Å². The van der Waals surface area contributed by atoms with Gasteiger partial charge in [0.05, 0.1) is 18.9 Å². The zero-order valence-corrected chi connectivity index (χ0v) is 10.6. The smallest absolute Gasteiger partial charge is 0.277 e. The molecule has 90 valence electrons. The van der Waals surface area contributed by atoms with E-state index in [1.807, 2.05) is 6.07 Å². The van der Waals surface area contributed by atoms with Crippen molar-refractivity contribution < 1.29 is 4.74 Å². The molecule has 3 rings (SSSR count). The highest BCUT2D eigenvalue weighted by molar-refractivity contribution is 9.10. The third kappa shape index (κ3) is 1.75. The van der Waals surface area contributed by atoms with Crippen molar-refractivity contribution in [3.05, 3.63) is 27.4 Å². The molecule has 0 aliphatic carbocycles. The minimum atomic E-state index is -0.132. The zero-order valence-electron chi connectivity index (χ0n) is 9.02. The number of nitrogens with zero attached hydrogens (tertiary/aromatic N) is 3. The summed E-state index contributed by atoms with van der Waals surface area (Å²) in [6.07, 6.45) is 1.39. The first-order chi connectivity index (χ1) is 8.27. The van der Waals surface area contributed by atoms with Crippen molar-refractivity contribution in [3.63, 3.8) is 0 Å². The number of ether oxygens (including phenoxy) is 1. The maximum absolute atomic E-state index is 11.9. The number of rotatable bonds is 1. The van der Waals surface area contributed by atoms with Crippen LogP contribution in [0.2, 0.25) is 0 Å². The molecule has 0 unspecified atom stereocenters. The molecule has 3 heterocycles. The van der Waals surface area contributed by atoms with E-state index in [9.17, 15) is 4.79 Å². The average Bonchev–Trinajstić information content (AvgIpc) is 2.70. The summed E-state index contributed by atoms with van der Waals surface area (Å²) in [6, 6.07) is 1.92. The molecule has 0 spiro atoms. The molecule has 0 bridgehead atoms. The molecule has 0 amide bonds. The van der Waals surface area contributed by atoms with Crippen LogP contribution in [0.4, 0.5) is 5.69 Å². The van der Waals surface area contributed by atoms with Gasteiger partial charge in [-0.1, -0.05) is 0 Å². The highest BCUT2D eigenvalue weighted by Gasteiger charge is 2.19. The number of fused-ring (bicyclic) bond motifs is 1. The van der Waals surface area contributed by atoms with Gasteiger partial charge in [0.1, 0.15) is 10.9 Å². The Morgan fingerprint density at radius 3 is 2.94 bits per heavy atom. The number of morpholine rings is 1. The molecule has 1 N–H and O–H groups in total. The van der Waals surface area contributed by atoms with Gasteiger partial charge in [0.2, 0.25) is 0 Å². The molecule has 1 fully saturated rings. The van der Waals surface area contributed by atoms with E-state index in [2.05, 4.69) is 30.9 Å². The van der Waals surface area contributed by atoms with Gasteiger partial charge in [-0.3, -0.25) is 4.79 Å². The normalized spacial score (nSPS) is 16.6. The van der Waals surface area contributed by atoms with Crippen LogP contribution in [0.5, 0.6) is 0 Å². The molecule has 17 heavy (non-hydrogen) atoms. The van der Waals surface area contributed by atoms with Crippen molar-refractivity contribution in [2.75, 3.05) is 31.2 Å². The van der Waals surface area contributed by atoms with Gasteiger partial charge in [0, 0.05) is 13.1 Å². The Bertz CT molecular complexity index is 600. The lowest BCUT2D eigenvalue weighted by molar-refractivity contribution is 0.123. The van der Waals surface area contributed by atoms with Crippen molar-refractivity contribution in [1.82, 2.24) is 14.6 Å². The number of aromatic nitrogens is 3. The van der Waals surface area contributed by atoms with Crippen LogP contribution in [-0.2, 0) is 4.74 Å². The van der Waals surface area contributed by atoms with E-state index < -0.39 is 0 Å². The van der Waals surface area contributed by atoms with E-state index in [0.717, 1.165) is 23.4 Å². The van der Waals surface area contributed by atoms with Crippen molar-refractivity contribution in [2.24, 2.45) is 0 Å². The number of hydrogen-bond donors (Lipinski definition) is 1. The largest absolute Gasteiger partial charge is 0.378 e. The Balaban J connectivity index is 2.19. The molecule has 0 atom stereocenters. The quantitative estimate of drug-likeness (QED) is 0.838. The second-order valence-electron chi connectivity index (χ2n) is 3.83.